The number of hydrogen-bond donors (Lipinski definition) is 1. The van der Waals surface area contributed by atoms with E-state index in [0.29, 0.717) is 17.0 Å². The number of rotatable bonds is 5. The van der Waals surface area contributed by atoms with Crippen molar-refractivity contribution >= 4 is 28.6 Å². The van der Waals surface area contributed by atoms with E-state index < -0.39 is 5.91 Å². The molecule has 1 amide bonds. The number of anilines is 1. The van der Waals surface area contributed by atoms with Crippen LogP contribution in [0.15, 0.2) is 82.9 Å². The van der Waals surface area contributed by atoms with E-state index in [9.17, 15) is 10.1 Å². The average Bonchev–Trinajstić information content (AvgIpc) is 3.21. The molecule has 0 aliphatic heterocycles. The lowest BCUT2D eigenvalue weighted by atomic mass is 10.0. The van der Waals surface area contributed by atoms with Gasteiger partial charge >= 0.3 is 0 Å². The Balaban J connectivity index is 1.63. The summed E-state index contributed by atoms with van der Waals surface area (Å²) in [5, 5.41) is 17.2. The highest BCUT2D eigenvalue weighted by Gasteiger charge is 2.13. The Labute approximate surface area is 174 Å². The molecule has 1 N–H and O–H groups in total. The molecule has 30 heavy (non-hydrogen) atoms. The molecule has 1 heterocycles. The van der Waals surface area contributed by atoms with Crippen LogP contribution in [0.5, 0.6) is 0 Å². The first-order chi connectivity index (χ1) is 14.7. The Kier molecular flexibility index (Phi) is 5.40. The Morgan fingerprint density at radius 3 is 2.57 bits per heavy atom. The lowest BCUT2D eigenvalue weighted by Gasteiger charge is -2.05. The maximum absolute atomic E-state index is 12.6. The second-order valence-corrected chi connectivity index (χ2v) is 6.83. The van der Waals surface area contributed by atoms with Gasteiger partial charge in [0.25, 0.3) is 5.91 Å². The lowest BCUT2D eigenvalue weighted by molar-refractivity contribution is -0.112. The van der Waals surface area contributed by atoms with Gasteiger partial charge in [0.1, 0.15) is 17.2 Å². The van der Waals surface area contributed by atoms with Crippen LogP contribution in [0.1, 0.15) is 18.1 Å². The topological polar surface area (TPSA) is 78.9 Å². The molecule has 0 aliphatic rings. The molecule has 146 valence electrons. The Morgan fingerprint density at radius 1 is 1.10 bits per heavy atom. The molecule has 0 saturated heterocycles. The molecular formula is C25H19N3O2. The van der Waals surface area contributed by atoms with E-state index in [1.165, 1.54) is 5.56 Å². The molecular weight excluding hydrogens is 374 g/mol. The van der Waals surface area contributed by atoms with Crippen molar-refractivity contribution in [2.45, 2.75) is 13.3 Å². The summed E-state index contributed by atoms with van der Waals surface area (Å²) < 4.78 is 5.52. The van der Waals surface area contributed by atoms with Crippen molar-refractivity contribution in [1.29, 1.82) is 5.26 Å². The number of nitriles is 1. The minimum absolute atomic E-state index is 0.0200. The van der Waals surface area contributed by atoms with Crippen molar-refractivity contribution in [2.24, 2.45) is 0 Å². The van der Waals surface area contributed by atoms with E-state index in [2.05, 4.69) is 17.4 Å². The second-order valence-electron chi connectivity index (χ2n) is 6.83. The largest absolute Gasteiger partial charge is 0.355 e. The molecule has 0 bridgehead atoms. The number of carbonyl (C=O) groups is 1. The van der Waals surface area contributed by atoms with Crippen LogP contribution in [-0.4, -0.2) is 11.1 Å². The zero-order chi connectivity index (χ0) is 20.9. The first kappa shape index (κ1) is 19.2. The number of aromatic nitrogens is 1. The van der Waals surface area contributed by atoms with E-state index in [1.807, 2.05) is 72.8 Å². The van der Waals surface area contributed by atoms with E-state index >= 15 is 0 Å². The van der Waals surface area contributed by atoms with Crippen molar-refractivity contribution in [3.8, 4) is 17.4 Å². The summed E-state index contributed by atoms with van der Waals surface area (Å²) in [6, 6.07) is 24.7. The third kappa shape index (κ3) is 3.98. The highest BCUT2D eigenvalue weighted by molar-refractivity contribution is 6.10. The van der Waals surface area contributed by atoms with Gasteiger partial charge in [-0.15, -0.1) is 0 Å². The number of amides is 1. The van der Waals surface area contributed by atoms with Gasteiger partial charge in [0.05, 0.1) is 5.39 Å². The summed E-state index contributed by atoms with van der Waals surface area (Å²) in [6.07, 6.45) is 2.49. The van der Waals surface area contributed by atoms with E-state index in [4.69, 9.17) is 4.52 Å². The summed E-state index contributed by atoms with van der Waals surface area (Å²) in [7, 11) is 0. The zero-order valence-electron chi connectivity index (χ0n) is 16.4. The highest BCUT2D eigenvalue weighted by atomic mass is 16.5. The van der Waals surface area contributed by atoms with Gasteiger partial charge in [-0.1, -0.05) is 60.6 Å². The molecule has 5 heteroatoms. The fourth-order valence-electron chi connectivity index (χ4n) is 3.18. The first-order valence-electron chi connectivity index (χ1n) is 9.65. The van der Waals surface area contributed by atoms with Crippen molar-refractivity contribution in [1.82, 2.24) is 5.16 Å². The molecule has 0 aliphatic carbocycles. The van der Waals surface area contributed by atoms with Crippen LogP contribution in [0.2, 0.25) is 0 Å². The van der Waals surface area contributed by atoms with Gasteiger partial charge in [-0.05, 0) is 47.9 Å². The van der Waals surface area contributed by atoms with E-state index in [0.717, 1.165) is 22.9 Å². The zero-order valence-corrected chi connectivity index (χ0v) is 16.4. The van der Waals surface area contributed by atoms with Crippen LogP contribution in [0, 0.1) is 11.3 Å². The molecule has 0 radical (unpaired) electrons. The summed E-state index contributed by atoms with van der Waals surface area (Å²) >= 11 is 0. The molecule has 5 nitrogen and oxygen atoms in total. The summed E-state index contributed by atoms with van der Waals surface area (Å²) in [4.78, 5) is 12.6. The van der Waals surface area contributed by atoms with Gasteiger partial charge < -0.3 is 9.84 Å². The second kappa shape index (κ2) is 8.46. The molecule has 3 aromatic carbocycles. The van der Waals surface area contributed by atoms with Crippen LogP contribution < -0.4 is 5.32 Å². The maximum Gasteiger partial charge on any atom is 0.266 e. The number of fused-ring (bicyclic) bond motifs is 1. The SMILES string of the molecule is CCc1ccc(NC(=O)/C(C#N)=C/c2ccc3noc(-c4ccccc4)c3c2)cc1. The van der Waals surface area contributed by atoms with Crippen LogP contribution in [0.25, 0.3) is 28.3 Å². The molecule has 0 atom stereocenters. The van der Waals surface area contributed by atoms with Gasteiger partial charge in [-0.2, -0.15) is 5.26 Å². The van der Waals surface area contributed by atoms with Crippen molar-refractivity contribution in [3.05, 3.63) is 89.5 Å². The smallest absolute Gasteiger partial charge is 0.266 e. The summed E-state index contributed by atoms with van der Waals surface area (Å²) in [5.74, 6) is 0.204. The normalized spacial score (nSPS) is 11.3. The minimum Gasteiger partial charge on any atom is -0.355 e. The standard InChI is InChI=1S/C25H19N3O2/c1-2-17-8-11-21(12-9-17)27-25(29)20(16-26)14-18-10-13-23-22(15-18)24(30-28-23)19-6-4-3-5-7-19/h3-15H,2H2,1H3,(H,27,29)/b20-14+. The summed E-state index contributed by atoms with van der Waals surface area (Å²) in [5.41, 5.74) is 4.20. The number of carbonyl (C=O) groups excluding carboxylic acids is 1. The first-order valence-corrected chi connectivity index (χ1v) is 9.65. The van der Waals surface area contributed by atoms with Gasteiger partial charge in [-0.25, -0.2) is 0 Å². The monoisotopic (exact) mass is 393 g/mol. The quantitative estimate of drug-likeness (QED) is 0.353. The predicted molar refractivity (Wildman–Crippen MR) is 117 cm³/mol. The summed E-state index contributed by atoms with van der Waals surface area (Å²) in [6.45, 7) is 2.07. The van der Waals surface area contributed by atoms with Crippen LogP contribution in [-0.2, 0) is 11.2 Å². The van der Waals surface area contributed by atoms with Gasteiger partial charge in [0.15, 0.2) is 5.76 Å². The molecule has 1 aromatic heterocycles. The molecule has 0 saturated carbocycles. The third-order valence-electron chi connectivity index (χ3n) is 4.83. The number of nitrogens with one attached hydrogen (secondary N) is 1. The van der Waals surface area contributed by atoms with Gasteiger partial charge in [-0.3, -0.25) is 4.79 Å². The van der Waals surface area contributed by atoms with E-state index in [-0.39, 0.29) is 5.57 Å². The Hall–Kier alpha value is -4.17. The number of benzene rings is 3. The maximum atomic E-state index is 12.6. The average molecular weight is 393 g/mol. The van der Waals surface area contributed by atoms with Crippen LogP contribution in [0.4, 0.5) is 5.69 Å². The molecule has 4 rings (SSSR count). The molecule has 0 fully saturated rings. The predicted octanol–water partition coefficient (Wildman–Crippen LogP) is 5.60. The minimum atomic E-state index is -0.449. The fourth-order valence-corrected chi connectivity index (χ4v) is 3.18. The number of hydrogen-bond acceptors (Lipinski definition) is 4. The van der Waals surface area contributed by atoms with Crippen LogP contribution >= 0.6 is 0 Å². The van der Waals surface area contributed by atoms with Crippen molar-refractivity contribution in [3.63, 3.8) is 0 Å². The molecule has 0 spiro atoms. The van der Waals surface area contributed by atoms with Crippen LogP contribution in [0.3, 0.4) is 0 Å². The molecule has 0 unspecified atom stereocenters. The fraction of sp³-hybridized carbons (Fsp3) is 0.0800. The Bertz CT molecular complexity index is 1260. The highest BCUT2D eigenvalue weighted by Crippen LogP contribution is 2.29. The number of aryl methyl sites for hydroxylation is 1. The molecule has 4 aromatic rings. The van der Waals surface area contributed by atoms with Gasteiger partial charge in [0, 0.05) is 11.3 Å². The third-order valence-corrected chi connectivity index (χ3v) is 4.83. The van der Waals surface area contributed by atoms with Crippen molar-refractivity contribution < 1.29 is 9.32 Å². The lowest BCUT2D eigenvalue weighted by Crippen LogP contribution is -2.13. The van der Waals surface area contributed by atoms with E-state index in [1.54, 1.807) is 12.1 Å². The Morgan fingerprint density at radius 2 is 1.87 bits per heavy atom. The number of nitrogens with zero attached hydrogens (tertiary/aromatic N) is 2. The van der Waals surface area contributed by atoms with Gasteiger partial charge in [0.2, 0.25) is 0 Å². The van der Waals surface area contributed by atoms with Crippen molar-refractivity contribution in [2.75, 3.05) is 5.32 Å².